The second-order valence-electron chi connectivity index (χ2n) is 6.06. The van der Waals surface area contributed by atoms with Crippen molar-refractivity contribution in [3.05, 3.63) is 50.8 Å². The van der Waals surface area contributed by atoms with E-state index < -0.39 is 0 Å². The lowest BCUT2D eigenvalue weighted by molar-refractivity contribution is -0.145. The molecular weight excluding hydrogens is 350 g/mol. The van der Waals surface area contributed by atoms with Crippen molar-refractivity contribution >= 4 is 28.3 Å². The van der Waals surface area contributed by atoms with Crippen LogP contribution in [0.5, 0.6) is 0 Å². The molecule has 6 nitrogen and oxygen atoms in total. The molecule has 0 aliphatic rings. The van der Waals surface area contributed by atoms with Crippen molar-refractivity contribution in [3.8, 4) is 0 Å². The summed E-state index contributed by atoms with van der Waals surface area (Å²) in [7, 11) is 0. The number of nitrogens with zero attached hydrogens (tertiary/aromatic N) is 3. The molecule has 0 bridgehead atoms. The number of ether oxygens (including phenoxy) is 1. The number of imidazole rings is 1. The number of aromatic nitrogens is 3. The summed E-state index contributed by atoms with van der Waals surface area (Å²) >= 11 is 1.59. The lowest BCUT2D eigenvalue weighted by Crippen LogP contribution is -2.25. The summed E-state index contributed by atoms with van der Waals surface area (Å²) in [6.45, 7) is 5.14. The molecule has 138 valence electrons. The van der Waals surface area contributed by atoms with Crippen molar-refractivity contribution in [2.75, 3.05) is 0 Å². The molecule has 0 saturated heterocycles. The minimum atomic E-state index is -0.324. The highest BCUT2D eigenvalue weighted by Crippen LogP contribution is 2.14. The molecule has 0 atom stereocenters. The quantitative estimate of drug-likeness (QED) is 0.568. The number of hydrogen-bond acceptors (Lipinski definition) is 5. The van der Waals surface area contributed by atoms with E-state index in [2.05, 4.69) is 11.9 Å². The number of hydrogen-bond donors (Lipinski definition) is 0. The Morgan fingerprint density at radius 3 is 2.62 bits per heavy atom. The molecule has 7 heteroatoms. The van der Waals surface area contributed by atoms with E-state index in [1.807, 2.05) is 36.6 Å². The first-order valence-electron chi connectivity index (χ1n) is 8.91. The Labute approximate surface area is 156 Å². The smallest absolute Gasteiger partial charge is 0.329 e. The maximum atomic E-state index is 12.5. The van der Waals surface area contributed by atoms with Crippen LogP contribution in [-0.2, 0) is 35.6 Å². The van der Waals surface area contributed by atoms with Gasteiger partial charge in [-0.3, -0.25) is 13.9 Å². The Hall–Kier alpha value is -2.41. The molecule has 0 amide bonds. The van der Waals surface area contributed by atoms with Crippen LogP contribution in [0.25, 0.3) is 11.0 Å². The van der Waals surface area contributed by atoms with E-state index in [1.54, 1.807) is 20.5 Å². The Kier molecular flexibility index (Phi) is 5.88. The second kappa shape index (κ2) is 8.31. The molecule has 0 radical (unpaired) electrons. The maximum Gasteiger partial charge on any atom is 0.329 e. The van der Waals surface area contributed by atoms with Crippen LogP contribution in [-0.4, -0.2) is 20.1 Å². The number of rotatable bonds is 8. The van der Waals surface area contributed by atoms with Crippen molar-refractivity contribution in [1.29, 1.82) is 0 Å². The first-order valence-corrected chi connectivity index (χ1v) is 9.79. The average molecular weight is 373 g/mol. The number of benzene rings is 1. The topological polar surface area (TPSA) is 66.1 Å². The van der Waals surface area contributed by atoms with Gasteiger partial charge in [0.15, 0.2) is 0 Å². The number of para-hydroxylation sites is 2. The van der Waals surface area contributed by atoms with Gasteiger partial charge in [-0.05, 0) is 31.9 Å². The van der Waals surface area contributed by atoms with Crippen LogP contribution in [0, 0.1) is 0 Å². The fourth-order valence-electron chi connectivity index (χ4n) is 2.97. The van der Waals surface area contributed by atoms with E-state index in [9.17, 15) is 9.59 Å². The van der Waals surface area contributed by atoms with E-state index in [1.165, 1.54) is 0 Å². The van der Waals surface area contributed by atoms with Crippen molar-refractivity contribution in [2.24, 2.45) is 0 Å². The fraction of sp³-hybridized carbons (Fsp3) is 0.421. The molecule has 0 N–H and O–H groups in total. The molecule has 0 spiro atoms. The van der Waals surface area contributed by atoms with E-state index in [4.69, 9.17) is 4.74 Å². The van der Waals surface area contributed by atoms with Gasteiger partial charge in [-0.15, -0.1) is 11.3 Å². The number of thiazole rings is 1. The number of aryl methyl sites for hydroxylation is 3. The van der Waals surface area contributed by atoms with Gasteiger partial charge in [0.1, 0.15) is 6.61 Å². The zero-order chi connectivity index (χ0) is 18.5. The van der Waals surface area contributed by atoms with Crippen molar-refractivity contribution in [2.45, 2.75) is 52.8 Å². The molecule has 0 unspecified atom stereocenters. The third-order valence-corrected chi connectivity index (χ3v) is 5.18. The van der Waals surface area contributed by atoms with Crippen LogP contribution in [0.1, 0.15) is 37.4 Å². The molecule has 3 aromatic rings. The van der Waals surface area contributed by atoms with Gasteiger partial charge in [-0.25, -0.2) is 9.78 Å². The fourth-order valence-corrected chi connectivity index (χ4v) is 3.85. The summed E-state index contributed by atoms with van der Waals surface area (Å²) < 4.78 is 8.66. The Morgan fingerprint density at radius 1 is 1.19 bits per heavy atom. The molecule has 2 aromatic heterocycles. The van der Waals surface area contributed by atoms with Crippen LogP contribution < -0.4 is 5.69 Å². The highest BCUT2D eigenvalue weighted by Gasteiger charge is 2.13. The van der Waals surface area contributed by atoms with Crippen molar-refractivity contribution < 1.29 is 9.53 Å². The van der Waals surface area contributed by atoms with Gasteiger partial charge in [0.2, 0.25) is 0 Å². The molecule has 0 saturated carbocycles. The average Bonchev–Trinajstić information content (AvgIpc) is 3.20. The first-order chi connectivity index (χ1) is 12.6. The maximum absolute atomic E-state index is 12.5. The molecule has 2 heterocycles. The zero-order valence-corrected chi connectivity index (χ0v) is 15.9. The first kappa shape index (κ1) is 18.4. The minimum absolute atomic E-state index is 0.0924. The molecule has 1 aromatic carbocycles. The van der Waals surface area contributed by atoms with Gasteiger partial charge in [-0.2, -0.15) is 0 Å². The highest BCUT2D eigenvalue weighted by atomic mass is 32.1. The molecule has 3 rings (SSSR count). The summed E-state index contributed by atoms with van der Waals surface area (Å²) in [5, 5.41) is 3.00. The Morgan fingerprint density at radius 2 is 1.92 bits per heavy atom. The highest BCUT2D eigenvalue weighted by molar-refractivity contribution is 7.09. The van der Waals surface area contributed by atoms with Crippen LogP contribution in [0.2, 0.25) is 0 Å². The molecule has 0 aliphatic carbocycles. The van der Waals surface area contributed by atoms with Gasteiger partial charge >= 0.3 is 11.7 Å². The zero-order valence-electron chi connectivity index (χ0n) is 15.1. The summed E-state index contributed by atoms with van der Waals surface area (Å²) in [4.78, 5) is 29.1. The molecule has 0 aliphatic heterocycles. The van der Waals surface area contributed by atoms with E-state index >= 15 is 0 Å². The van der Waals surface area contributed by atoms with E-state index in [0.717, 1.165) is 34.6 Å². The summed E-state index contributed by atoms with van der Waals surface area (Å²) in [6, 6.07) is 7.63. The minimum Gasteiger partial charge on any atom is -0.459 e. The van der Waals surface area contributed by atoms with Crippen molar-refractivity contribution in [1.82, 2.24) is 14.1 Å². The summed E-state index contributed by atoms with van der Waals surface area (Å²) in [5.74, 6) is -0.324. The van der Waals surface area contributed by atoms with Gasteiger partial charge < -0.3 is 4.74 Å². The van der Waals surface area contributed by atoms with Gasteiger partial charge in [0.25, 0.3) is 0 Å². The van der Waals surface area contributed by atoms with Gasteiger partial charge in [-0.1, -0.05) is 19.1 Å². The van der Waals surface area contributed by atoms with Gasteiger partial charge in [0, 0.05) is 18.5 Å². The van der Waals surface area contributed by atoms with Crippen molar-refractivity contribution in [3.63, 3.8) is 0 Å². The third-order valence-electron chi connectivity index (χ3n) is 4.23. The number of carbonyl (C=O) groups excluding carboxylic acids is 1. The number of fused-ring (bicyclic) bond motifs is 1. The standard InChI is InChI=1S/C19H23N3O3S/c1-3-7-17-20-14(13-26-17)12-25-18(23)10-11-22-16-9-6-5-8-15(16)21(4-2)19(22)24/h5-6,8-9,13H,3-4,7,10-12H2,1-2H3. The lowest BCUT2D eigenvalue weighted by Gasteiger charge is -2.04. The molecular formula is C19H23N3O3S. The summed E-state index contributed by atoms with van der Waals surface area (Å²) in [5.41, 5.74) is 2.42. The van der Waals surface area contributed by atoms with Crippen LogP contribution >= 0.6 is 11.3 Å². The van der Waals surface area contributed by atoms with E-state index in [-0.39, 0.29) is 24.7 Å². The van der Waals surface area contributed by atoms with E-state index in [0.29, 0.717) is 13.1 Å². The Bertz CT molecular complexity index is 954. The molecule has 26 heavy (non-hydrogen) atoms. The van der Waals surface area contributed by atoms with Crippen LogP contribution in [0.4, 0.5) is 0 Å². The number of esters is 1. The Balaban J connectivity index is 1.62. The lowest BCUT2D eigenvalue weighted by atomic mass is 10.3. The number of carbonyl (C=O) groups is 1. The third kappa shape index (κ3) is 3.88. The normalized spacial score (nSPS) is 11.2. The predicted molar refractivity (Wildman–Crippen MR) is 102 cm³/mol. The van der Waals surface area contributed by atoms with Gasteiger partial charge in [0.05, 0.1) is 28.2 Å². The second-order valence-corrected chi connectivity index (χ2v) is 7.00. The monoisotopic (exact) mass is 373 g/mol. The summed E-state index contributed by atoms with van der Waals surface area (Å²) in [6.07, 6.45) is 2.15. The largest absolute Gasteiger partial charge is 0.459 e. The van der Waals surface area contributed by atoms with Crippen LogP contribution in [0.3, 0.4) is 0 Å². The SMILES string of the molecule is CCCc1nc(COC(=O)CCn2c(=O)n(CC)c3ccccc32)cs1. The van der Waals surface area contributed by atoms with Crippen LogP contribution in [0.15, 0.2) is 34.4 Å². The predicted octanol–water partition coefficient (Wildman–Crippen LogP) is 3.37. The molecule has 0 fully saturated rings.